The highest BCUT2D eigenvalue weighted by Gasteiger charge is 2.13. The minimum atomic E-state index is -0.0346. The smallest absolute Gasteiger partial charge is 0.234 e. The lowest BCUT2D eigenvalue weighted by atomic mass is 10.1. The number of aromatic nitrogens is 2. The number of hydrogen-bond donors (Lipinski definition) is 1. The molecule has 0 saturated carbocycles. The molecule has 0 aliphatic heterocycles. The van der Waals surface area contributed by atoms with Crippen molar-refractivity contribution in [3.63, 3.8) is 0 Å². The molecule has 28 heavy (non-hydrogen) atoms. The molecule has 0 aliphatic rings. The number of carbonyl (C=O) groups is 1. The Hall–Kier alpha value is -2.70. The lowest BCUT2D eigenvalue weighted by Gasteiger charge is -2.11. The van der Waals surface area contributed by atoms with Crippen molar-refractivity contribution < 1.29 is 4.79 Å². The van der Waals surface area contributed by atoms with Gasteiger partial charge in [0.25, 0.3) is 0 Å². The Morgan fingerprint density at radius 3 is 2.54 bits per heavy atom. The maximum atomic E-state index is 12.5. The van der Waals surface area contributed by atoms with E-state index in [1.807, 2.05) is 50.2 Å². The van der Waals surface area contributed by atoms with Gasteiger partial charge in [0.05, 0.1) is 5.75 Å². The van der Waals surface area contributed by atoms with Gasteiger partial charge in [-0.25, -0.2) is 9.97 Å². The van der Waals surface area contributed by atoms with Crippen molar-refractivity contribution in [3.05, 3.63) is 72.1 Å². The van der Waals surface area contributed by atoms with Crippen LogP contribution in [0.3, 0.4) is 0 Å². The second-order valence-corrected chi connectivity index (χ2v) is 8.47. The van der Waals surface area contributed by atoms with Crippen molar-refractivity contribution in [2.24, 2.45) is 0 Å². The third-order valence-electron chi connectivity index (χ3n) is 4.44. The molecule has 2 aromatic heterocycles. The number of amides is 1. The predicted octanol–water partition coefficient (Wildman–Crippen LogP) is 5.71. The maximum Gasteiger partial charge on any atom is 0.234 e. The zero-order valence-electron chi connectivity index (χ0n) is 15.6. The van der Waals surface area contributed by atoms with Crippen LogP contribution in [0, 0.1) is 13.8 Å². The van der Waals surface area contributed by atoms with Crippen LogP contribution in [-0.2, 0) is 4.79 Å². The van der Waals surface area contributed by atoms with Gasteiger partial charge in [0.2, 0.25) is 5.91 Å². The number of nitrogens with zero attached hydrogens (tertiary/aromatic N) is 2. The molecule has 2 aromatic carbocycles. The van der Waals surface area contributed by atoms with Gasteiger partial charge >= 0.3 is 0 Å². The first-order valence-electron chi connectivity index (χ1n) is 8.90. The van der Waals surface area contributed by atoms with Crippen LogP contribution >= 0.6 is 23.1 Å². The van der Waals surface area contributed by atoms with E-state index in [9.17, 15) is 4.79 Å². The van der Waals surface area contributed by atoms with Gasteiger partial charge in [0, 0.05) is 16.0 Å². The number of rotatable bonds is 5. The molecule has 0 spiro atoms. The number of benzene rings is 2. The van der Waals surface area contributed by atoms with E-state index < -0.39 is 0 Å². The number of anilines is 1. The topological polar surface area (TPSA) is 54.9 Å². The molecule has 0 unspecified atom stereocenters. The van der Waals surface area contributed by atoms with E-state index in [0.29, 0.717) is 5.75 Å². The molecule has 0 fully saturated rings. The standard InChI is InChI=1S/C22H19N3OS2/c1-14-7-6-8-15(2)20(14)25-19(26)12-27-21-17-11-18(16-9-4-3-5-10-16)28-22(17)24-13-23-21/h3-11,13H,12H2,1-2H3,(H,25,26). The van der Waals surface area contributed by atoms with Gasteiger partial charge < -0.3 is 5.32 Å². The monoisotopic (exact) mass is 405 g/mol. The molecule has 0 aliphatic carbocycles. The molecular weight excluding hydrogens is 386 g/mol. The van der Waals surface area contributed by atoms with Crippen LogP contribution in [0.15, 0.2) is 66.0 Å². The summed E-state index contributed by atoms with van der Waals surface area (Å²) in [6.07, 6.45) is 1.57. The summed E-state index contributed by atoms with van der Waals surface area (Å²) in [6.45, 7) is 4.00. The lowest BCUT2D eigenvalue weighted by molar-refractivity contribution is -0.113. The van der Waals surface area contributed by atoms with E-state index in [2.05, 4.69) is 33.5 Å². The van der Waals surface area contributed by atoms with E-state index >= 15 is 0 Å². The molecule has 4 rings (SSSR count). The van der Waals surface area contributed by atoms with Crippen LogP contribution in [0.4, 0.5) is 5.69 Å². The highest BCUT2D eigenvalue weighted by Crippen LogP contribution is 2.36. The number of fused-ring (bicyclic) bond motifs is 1. The zero-order chi connectivity index (χ0) is 19.5. The van der Waals surface area contributed by atoms with Gasteiger partial charge in [-0.15, -0.1) is 11.3 Å². The molecule has 1 N–H and O–H groups in total. The summed E-state index contributed by atoms with van der Waals surface area (Å²) in [4.78, 5) is 23.4. The van der Waals surface area contributed by atoms with Gasteiger partial charge in [0.15, 0.2) is 0 Å². The minimum absolute atomic E-state index is 0.0346. The first kappa shape index (κ1) is 18.7. The molecule has 4 nitrogen and oxygen atoms in total. The number of para-hydroxylation sites is 1. The predicted molar refractivity (Wildman–Crippen MR) is 118 cm³/mol. The van der Waals surface area contributed by atoms with Gasteiger partial charge in [0.1, 0.15) is 16.2 Å². The first-order chi connectivity index (χ1) is 13.6. The van der Waals surface area contributed by atoms with Crippen molar-refractivity contribution in [1.82, 2.24) is 9.97 Å². The van der Waals surface area contributed by atoms with Crippen molar-refractivity contribution in [1.29, 1.82) is 0 Å². The van der Waals surface area contributed by atoms with Crippen molar-refractivity contribution in [2.75, 3.05) is 11.1 Å². The highest BCUT2D eigenvalue weighted by molar-refractivity contribution is 8.00. The number of thiophene rings is 1. The van der Waals surface area contributed by atoms with E-state index in [4.69, 9.17) is 0 Å². The van der Waals surface area contributed by atoms with Gasteiger partial charge in [-0.1, -0.05) is 60.3 Å². The minimum Gasteiger partial charge on any atom is -0.325 e. The summed E-state index contributed by atoms with van der Waals surface area (Å²) in [5.41, 5.74) is 4.18. The summed E-state index contributed by atoms with van der Waals surface area (Å²) < 4.78 is 0. The van der Waals surface area contributed by atoms with Gasteiger partial charge in [-0.05, 0) is 36.6 Å². The summed E-state index contributed by atoms with van der Waals surface area (Å²) in [5.74, 6) is 0.267. The summed E-state index contributed by atoms with van der Waals surface area (Å²) >= 11 is 3.08. The molecule has 6 heteroatoms. The first-order valence-corrected chi connectivity index (χ1v) is 10.7. The van der Waals surface area contributed by atoms with Gasteiger partial charge in [-0.3, -0.25) is 4.79 Å². The van der Waals surface area contributed by atoms with Crippen LogP contribution in [0.1, 0.15) is 11.1 Å². The average Bonchev–Trinajstić information content (AvgIpc) is 3.15. The molecule has 0 bridgehead atoms. The average molecular weight is 406 g/mol. The SMILES string of the molecule is Cc1cccc(C)c1NC(=O)CSc1ncnc2sc(-c3ccccc3)cc12. The molecule has 1 amide bonds. The second-order valence-electron chi connectivity index (χ2n) is 6.48. The number of thioether (sulfide) groups is 1. The van der Waals surface area contributed by atoms with Crippen LogP contribution in [0.25, 0.3) is 20.7 Å². The normalized spacial score (nSPS) is 10.9. The summed E-state index contributed by atoms with van der Waals surface area (Å²) in [5, 5.41) is 4.86. The summed E-state index contributed by atoms with van der Waals surface area (Å²) in [6, 6.07) is 18.3. The molecular formula is C22H19N3OS2. The Labute approximate surface area is 172 Å². The van der Waals surface area contributed by atoms with Crippen molar-refractivity contribution in [2.45, 2.75) is 18.9 Å². The number of nitrogens with one attached hydrogen (secondary N) is 1. The molecule has 4 aromatic rings. The van der Waals surface area contributed by atoms with Crippen LogP contribution in [-0.4, -0.2) is 21.6 Å². The highest BCUT2D eigenvalue weighted by atomic mass is 32.2. The van der Waals surface area contributed by atoms with Crippen LogP contribution in [0.5, 0.6) is 0 Å². The Morgan fingerprint density at radius 2 is 1.79 bits per heavy atom. The Kier molecular flexibility index (Phi) is 5.41. The number of carbonyl (C=O) groups excluding carboxylic acids is 1. The summed E-state index contributed by atoms with van der Waals surface area (Å²) in [7, 11) is 0. The van der Waals surface area contributed by atoms with Gasteiger partial charge in [-0.2, -0.15) is 0 Å². The van der Waals surface area contributed by atoms with Crippen LogP contribution in [0.2, 0.25) is 0 Å². The van der Waals surface area contributed by atoms with E-state index in [-0.39, 0.29) is 5.91 Å². The quantitative estimate of drug-likeness (QED) is 0.341. The fourth-order valence-electron chi connectivity index (χ4n) is 3.01. The maximum absolute atomic E-state index is 12.5. The molecule has 0 saturated heterocycles. The van der Waals surface area contributed by atoms with E-state index in [0.717, 1.165) is 42.5 Å². The zero-order valence-corrected chi connectivity index (χ0v) is 17.2. The number of aryl methyl sites for hydroxylation is 2. The molecule has 2 heterocycles. The Bertz CT molecular complexity index is 1120. The lowest BCUT2D eigenvalue weighted by Crippen LogP contribution is -2.15. The van der Waals surface area contributed by atoms with Crippen LogP contribution < -0.4 is 5.32 Å². The molecule has 0 radical (unpaired) electrons. The van der Waals surface area contributed by atoms with E-state index in [1.54, 1.807) is 17.7 Å². The van der Waals surface area contributed by atoms with Crippen molar-refractivity contribution in [3.8, 4) is 10.4 Å². The Morgan fingerprint density at radius 1 is 1.04 bits per heavy atom. The second kappa shape index (κ2) is 8.12. The molecule has 0 atom stereocenters. The fourth-order valence-corrected chi connectivity index (χ4v) is 4.86. The Balaban J connectivity index is 1.52. The fraction of sp³-hybridized carbons (Fsp3) is 0.136. The van der Waals surface area contributed by atoms with E-state index in [1.165, 1.54) is 11.8 Å². The largest absolute Gasteiger partial charge is 0.325 e. The third-order valence-corrected chi connectivity index (χ3v) is 6.53. The number of hydrogen-bond acceptors (Lipinski definition) is 5. The van der Waals surface area contributed by atoms with Crippen molar-refractivity contribution >= 4 is 44.9 Å². The third kappa shape index (κ3) is 3.93. The molecule has 140 valence electrons.